The van der Waals surface area contributed by atoms with Crippen molar-refractivity contribution in [3.05, 3.63) is 122 Å². The molecule has 0 aliphatic rings. The van der Waals surface area contributed by atoms with Crippen molar-refractivity contribution in [1.29, 1.82) is 0 Å². The number of hydrogen-bond donors (Lipinski definition) is 1. The Bertz CT molecular complexity index is 1570. The van der Waals surface area contributed by atoms with Gasteiger partial charge >= 0.3 is 0 Å². The highest BCUT2D eigenvalue weighted by Crippen LogP contribution is 2.30. The minimum absolute atomic E-state index is 0.174. The summed E-state index contributed by atoms with van der Waals surface area (Å²) >= 11 is 6.18. The fourth-order valence-corrected chi connectivity index (χ4v) is 4.85. The van der Waals surface area contributed by atoms with E-state index in [9.17, 15) is 4.79 Å². The average molecular weight is 529 g/mol. The van der Waals surface area contributed by atoms with Crippen LogP contribution in [0.15, 0.2) is 83.7 Å². The predicted octanol–water partition coefficient (Wildman–Crippen LogP) is 4.91. The van der Waals surface area contributed by atoms with E-state index < -0.39 is 6.04 Å². The molecule has 5 aromatic rings. The van der Waals surface area contributed by atoms with Crippen molar-refractivity contribution >= 4 is 22.5 Å². The molecule has 1 N–H and O–H groups in total. The van der Waals surface area contributed by atoms with Gasteiger partial charge in [-0.3, -0.25) is 9.69 Å². The smallest absolute Gasteiger partial charge is 0.253 e. The number of aromatic amines is 1. The van der Waals surface area contributed by atoms with Crippen molar-refractivity contribution in [3.63, 3.8) is 0 Å². The van der Waals surface area contributed by atoms with E-state index in [0.717, 1.165) is 27.6 Å². The lowest BCUT2D eigenvalue weighted by atomic mass is 10.0. The van der Waals surface area contributed by atoms with Crippen molar-refractivity contribution in [3.8, 4) is 0 Å². The highest BCUT2D eigenvalue weighted by Gasteiger charge is 2.31. The highest BCUT2D eigenvalue weighted by molar-refractivity contribution is 6.30. The molecular weight excluding hydrogens is 500 g/mol. The minimum Gasteiger partial charge on any atom is -0.383 e. The number of fused-ring (bicyclic) bond motifs is 1. The summed E-state index contributed by atoms with van der Waals surface area (Å²) in [7, 11) is 1.64. The fourth-order valence-electron chi connectivity index (χ4n) is 4.73. The number of para-hydroxylation sites is 1. The Morgan fingerprint density at radius 2 is 1.74 bits per heavy atom. The second kappa shape index (κ2) is 11.7. The molecule has 0 bridgehead atoms. The van der Waals surface area contributed by atoms with E-state index in [1.165, 1.54) is 0 Å². The van der Waals surface area contributed by atoms with Crippen molar-refractivity contribution in [2.75, 3.05) is 13.7 Å². The lowest BCUT2D eigenvalue weighted by Gasteiger charge is -2.31. The van der Waals surface area contributed by atoms with Crippen LogP contribution in [0, 0.1) is 6.92 Å². The molecule has 0 amide bonds. The lowest BCUT2D eigenvalue weighted by molar-refractivity contribution is 0.169. The standard InChI is InChI=1S/C29H29ClN6O2/c1-20-7-6-10-23-17-25(29(37)31-26(20)23)27(28-32-33-34-36(28)15-16-38-2)35(18-21-8-4-3-5-9-21)19-22-11-13-24(30)14-12-22/h3-14,17,27H,15-16,18-19H2,1-2H3,(H,31,37)/t27-/m1/s1. The van der Waals surface area contributed by atoms with Crippen LogP contribution >= 0.6 is 11.6 Å². The number of ether oxygens (including phenoxy) is 1. The Kier molecular flexibility index (Phi) is 7.93. The van der Waals surface area contributed by atoms with E-state index in [4.69, 9.17) is 16.3 Å². The van der Waals surface area contributed by atoms with Gasteiger partial charge in [0.2, 0.25) is 0 Å². The molecule has 0 aliphatic heterocycles. The summed E-state index contributed by atoms with van der Waals surface area (Å²) < 4.78 is 7.02. The van der Waals surface area contributed by atoms with Gasteiger partial charge in [-0.05, 0) is 57.6 Å². The Labute approximate surface area is 225 Å². The quantitative estimate of drug-likeness (QED) is 0.277. The third kappa shape index (κ3) is 5.67. The zero-order valence-electron chi connectivity index (χ0n) is 21.3. The normalized spacial score (nSPS) is 12.3. The topological polar surface area (TPSA) is 88.9 Å². The molecule has 0 radical (unpaired) electrons. The minimum atomic E-state index is -0.536. The van der Waals surface area contributed by atoms with Gasteiger partial charge in [0.1, 0.15) is 6.04 Å². The molecule has 0 saturated carbocycles. The maximum absolute atomic E-state index is 13.7. The van der Waals surface area contributed by atoms with E-state index in [2.05, 4.69) is 37.5 Å². The van der Waals surface area contributed by atoms with Crippen LogP contribution in [-0.4, -0.2) is 43.8 Å². The molecule has 1 atom stereocenters. The van der Waals surface area contributed by atoms with Crippen molar-refractivity contribution in [2.45, 2.75) is 32.6 Å². The molecule has 8 nitrogen and oxygen atoms in total. The first kappa shape index (κ1) is 25.8. The largest absolute Gasteiger partial charge is 0.383 e. The number of benzene rings is 3. The molecule has 0 unspecified atom stereocenters. The Morgan fingerprint density at radius 3 is 2.47 bits per heavy atom. The van der Waals surface area contributed by atoms with Gasteiger partial charge in [0.25, 0.3) is 5.56 Å². The van der Waals surface area contributed by atoms with Crippen LogP contribution in [0.1, 0.15) is 34.1 Å². The molecule has 5 rings (SSSR count). The Balaban J connectivity index is 1.69. The number of rotatable bonds is 10. The summed E-state index contributed by atoms with van der Waals surface area (Å²) in [5, 5.41) is 14.3. The molecule has 0 aliphatic carbocycles. The molecule has 0 spiro atoms. The van der Waals surface area contributed by atoms with Crippen LogP contribution < -0.4 is 5.56 Å². The number of hydrogen-bond acceptors (Lipinski definition) is 6. The zero-order chi connectivity index (χ0) is 26.5. The zero-order valence-corrected chi connectivity index (χ0v) is 22.1. The molecule has 0 fully saturated rings. The third-order valence-corrected chi connectivity index (χ3v) is 6.87. The van der Waals surface area contributed by atoms with Gasteiger partial charge in [-0.25, -0.2) is 4.68 Å². The molecule has 9 heteroatoms. The van der Waals surface area contributed by atoms with Crippen molar-refractivity contribution in [2.24, 2.45) is 0 Å². The van der Waals surface area contributed by atoms with E-state index >= 15 is 0 Å². The van der Waals surface area contributed by atoms with Crippen LogP contribution in [0.4, 0.5) is 0 Å². The molecule has 38 heavy (non-hydrogen) atoms. The second-order valence-electron chi connectivity index (χ2n) is 9.27. The lowest BCUT2D eigenvalue weighted by Crippen LogP contribution is -2.35. The average Bonchev–Trinajstić information content (AvgIpc) is 3.38. The number of nitrogens with zero attached hydrogens (tertiary/aromatic N) is 5. The Hall–Kier alpha value is -3.85. The maximum atomic E-state index is 13.7. The Morgan fingerprint density at radius 1 is 1.00 bits per heavy atom. The maximum Gasteiger partial charge on any atom is 0.253 e. The van der Waals surface area contributed by atoms with Gasteiger partial charge in [-0.15, -0.1) is 5.10 Å². The van der Waals surface area contributed by atoms with Crippen LogP contribution in [0.2, 0.25) is 5.02 Å². The number of nitrogens with one attached hydrogen (secondary N) is 1. The van der Waals surface area contributed by atoms with E-state index in [1.54, 1.807) is 11.8 Å². The SMILES string of the molecule is COCCn1nnnc1[C@@H](c1cc2cccc(C)c2[nH]c1=O)N(Cc1ccccc1)Cc1ccc(Cl)cc1. The summed E-state index contributed by atoms with van der Waals surface area (Å²) in [4.78, 5) is 19.0. The van der Waals surface area contributed by atoms with Gasteiger partial charge < -0.3 is 9.72 Å². The second-order valence-corrected chi connectivity index (χ2v) is 9.70. The summed E-state index contributed by atoms with van der Waals surface area (Å²) in [5.41, 5.74) is 4.39. The summed E-state index contributed by atoms with van der Waals surface area (Å²) in [6.45, 7) is 3.99. The molecule has 0 saturated heterocycles. The number of tetrazole rings is 1. The summed E-state index contributed by atoms with van der Waals surface area (Å²) in [6.07, 6.45) is 0. The molecule has 2 heterocycles. The van der Waals surface area contributed by atoms with E-state index in [1.807, 2.05) is 73.7 Å². The van der Waals surface area contributed by atoms with Crippen LogP contribution in [-0.2, 0) is 24.4 Å². The van der Waals surface area contributed by atoms with E-state index in [-0.39, 0.29) is 5.56 Å². The van der Waals surface area contributed by atoms with Gasteiger partial charge in [-0.1, -0.05) is 72.3 Å². The number of halogens is 1. The summed E-state index contributed by atoms with van der Waals surface area (Å²) in [5.74, 6) is 0.574. The first-order valence-corrected chi connectivity index (χ1v) is 12.8. The molecular formula is C29H29ClN6O2. The molecule has 2 aromatic heterocycles. The number of methoxy groups -OCH3 is 1. The predicted molar refractivity (Wildman–Crippen MR) is 148 cm³/mol. The monoisotopic (exact) mass is 528 g/mol. The van der Waals surface area contributed by atoms with Gasteiger partial charge in [-0.2, -0.15) is 0 Å². The van der Waals surface area contributed by atoms with Crippen molar-refractivity contribution in [1.82, 2.24) is 30.1 Å². The first-order chi connectivity index (χ1) is 18.5. The van der Waals surface area contributed by atoms with Crippen molar-refractivity contribution < 1.29 is 4.74 Å². The number of aromatic nitrogens is 5. The van der Waals surface area contributed by atoms with Gasteiger partial charge in [0.05, 0.1) is 18.7 Å². The van der Waals surface area contributed by atoms with Gasteiger partial charge in [0.15, 0.2) is 5.82 Å². The fraction of sp³-hybridized carbons (Fsp3) is 0.241. The first-order valence-electron chi connectivity index (χ1n) is 12.4. The van der Waals surface area contributed by atoms with E-state index in [0.29, 0.717) is 42.7 Å². The van der Waals surface area contributed by atoms with Gasteiger partial charge in [0, 0.05) is 30.8 Å². The third-order valence-electron chi connectivity index (χ3n) is 6.62. The number of aryl methyl sites for hydroxylation is 1. The highest BCUT2D eigenvalue weighted by atomic mass is 35.5. The number of H-pyrrole nitrogens is 1. The molecule has 3 aromatic carbocycles. The summed E-state index contributed by atoms with van der Waals surface area (Å²) in [6, 6.07) is 25.3. The number of pyridine rings is 1. The van der Waals surface area contributed by atoms with Crippen LogP contribution in [0.5, 0.6) is 0 Å². The molecule has 194 valence electrons. The van der Waals surface area contributed by atoms with Crippen LogP contribution in [0.3, 0.4) is 0 Å². The van der Waals surface area contributed by atoms with Crippen LogP contribution in [0.25, 0.3) is 10.9 Å².